The number of likely N-dealkylation sites (N-methyl/N-ethyl adjacent to an activating group) is 1. The van der Waals surface area contributed by atoms with Crippen molar-refractivity contribution in [1.82, 2.24) is 15.1 Å². The second-order valence-electron chi connectivity index (χ2n) is 5.21. The van der Waals surface area contributed by atoms with E-state index in [1.807, 2.05) is 42.2 Å². The molecule has 2 atom stereocenters. The molecule has 108 valence electrons. The van der Waals surface area contributed by atoms with Crippen molar-refractivity contribution < 1.29 is 4.74 Å². The molecule has 0 aliphatic heterocycles. The molecule has 0 fully saturated rings. The van der Waals surface area contributed by atoms with Gasteiger partial charge in [-0.05, 0) is 31.2 Å². The second kappa shape index (κ2) is 6.68. The van der Waals surface area contributed by atoms with Gasteiger partial charge in [0.25, 0.3) is 0 Å². The number of aromatic nitrogens is 2. The van der Waals surface area contributed by atoms with Crippen LogP contribution >= 0.6 is 0 Å². The van der Waals surface area contributed by atoms with Gasteiger partial charge in [-0.1, -0.05) is 32.0 Å². The Kier molecular flexibility index (Phi) is 4.93. The summed E-state index contributed by atoms with van der Waals surface area (Å²) >= 11 is 0. The molecule has 1 heterocycles. The van der Waals surface area contributed by atoms with E-state index >= 15 is 0 Å². The molecule has 0 radical (unpaired) electrons. The molecule has 0 saturated heterocycles. The number of ether oxygens (including phenoxy) is 1. The van der Waals surface area contributed by atoms with Gasteiger partial charge in [0.1, 0.15) is 0 Å². The number of nitrogens with one attached hydrogen (secondary N) is 1. The minimum Gasteiger partial charge on any atom is -0.379 e. The zero-order valence-corrected chi connectivity index (χ0v) is 12.6. The SMILES string of the molecule is CNC(c1ccnn1-c1ccccc1)C(OC)C(C)C. The minimum absolute atomic E-state index is 0.0964. The number of rotatable bonds is 6. The van der Waals surface area contributed by atoms with Crippen molar-refractivity contribution in [2.75, 3.05) is 14.2 Å². The Labute approximate surface area is 120 Å². The third-order valence-electron chi connectivity index (χ3n) is 3.56. The Hall–Kier alpha value is -1.65. The van der Waals surface area contributed by atoms with E-state index in [-0.39, 0.29) is 12.1 Å². The van der Waals surface area contributed by atoms with Crippen molar-refractivity contribution in [3.05, 3.63) is 48.3 Å². The van der Waals surface area contributed by atoms with E-state index in [4.69, 9.17) is 4.74 Å². The van der Waals surface area contributed by atoms with Crippen molar-refractivity contribution in [3.8, 4) is 5.69 Å². The summed E-state index contributed by atoms with van der Waals surface area (Å²) in [6, 6.07) is 12.3. The summed E-state index contributed by atoms with van der Waals surface area (Å²) in [5.41, 5.74) is 2.17. The first-order valence-corrected chi connectivity index (χ1v) is 6.98. The van der Waals surface area contributed by atoms with E-state index in [0.717, 1.165) is 11.4 Å². The van der Waals surface area contributed by atoms with E-state index < -0.39 is 0 Å². The van der Waals surface area contributed by atoms with E-state index in [9.17, 15) is 0 Å². The fourth-order valence-electron chi connectivity index (χ4n) is 2.61. The van der Waals surface area contributed by atoms with Gasteiger partial charge in [0.15, 0.2) is 0 Å². The molecule has 2 unspecified atom stereocenters. The number of para-hydroxylation sites is 1. The highest BCUT2D eigenvalue weighted by molar-refractivity contribution is 5.33. The molecule has 0 aliphatic carbocycles. The van der Waals surface area contributed by atoms with Crippen LogP contribution in [0.25, 0.3) is 5.69 Å². The van der Waals surface area contributed by atoms with Crippen LogP contribution in [-0.2, 0) is 4.74 Å². The molecular weight excluding hydrogens is 250 g/mol. The van der Waals surface area contributed by atoms with Crippen molar-refractivity contribution >= 4 is 0 Å². The largest absolute Gasteiger partial charge is 0.379 e. The summed E-state index contributed by atoms with van der Waals surface area (Å²) in [6.45, 7) is 4.34. The average Bonchev–Trinajstić information content (AvgIpc) is 2.94. The summed E-state index contributed by atoms with van der Waals surface area (Å²) in [5.74, 6) is 0.413. The van der Waals surface area contributed by atoms with Crippen LogP contribution in [0, 0.1) is 5.92 Å². The zero-order valence-electron chi connectivity index (χ0n) is 12.6. The van der Waals surface area contributed by atoms with E-state index in [1.165, 1.54) is 0 Å². The van der Waals surface area contributed by atoms with Crippen LogP contribution in [0.2, 0.25) is 0 Å². The normalized spacial score (nSPS) is 14.4. The van der Waals surface area contributed by atoms with Gasteiger partial charge >= 0.3 is 0 Å². The Morgan fingerprint density at radius 1 is 1.15 bits per heavy atom. The second-order valence-corrected chi connectivity index (χ2v) is 5.21. The van der Waals surface area contributed by atoms with Crippen LogP contribution < -0.4 is 5.32 Å². The molecule has 2 aromatic rings. The molecule has 1 aromatic carbocycles. The molecule has 0 saturated carbocycles. The minimum atomic E-state index is 0.0964. The first kappa shape index (κ1) is 14.8. The number of hydrogen-bond acceptors (Lipinski definition) is 3. The topological polar surface area (TPSA) is 39.1 Å². The Morgan fingerprint density at radius 2 is 1.85 bits per heavy atom. The van der Waals surface area contributed by atoms with Crippen LogP contribution in [0.3, 0.4) is 0 Å². The summed E-state index contributed by atoms with van der Waals surface area (Å²) in [4.78, 5) is 0. The molecule has 0 aliphatic rings. The molecule has 4 nitrogen and oxygen atoms in total. The predicted octanol–water partition coefficient (Wildman–Crippen LogP) is 2.80. The fraction of sp³-hybridized carbons (Fsp3) is 0.438. The van der Waals surface area contributed by atoms with Gasteiger partial charge in [-0.25, -0.2) is 4.68 Å². The van der Waals surface area contributed by atoms with Crippen LogP contribution in [-0.4, -0.2) is 30.0 Å². The third kappa shape index (κ3) is 2.92. The van der Waals surface area contributed by atoms with Crippen LogP contribution in [0.1, 0.15) is 25.6 Å². The lowest BCUT2D eigenvalue weighted by atomic mass is 9.97. The third-order valence-corrected chi connectivity index (χ3v) is 3.56. The summed E-state index contributed by atoms with van der Waals surface area (Å²) in [5, 5.41) is 7.81. The highest BCUT2D eigenvalue weighted by atomic mass is 16.5. The first-order valence-electron chi connectivity index (χ1n) is 6.98. The van der Waals surface area contributed by atoms with Crippen molar-refractivity contribution in [3.63, 3.8) is 0 Å². The van der Waals surface area contributed by atoms with E-state index in [2.05, 4.69) is 36.4 Å². The summed E-state index contributed by atoms with van der Waals surface area (Å²) in [6.07, 6.45) is 1.93. The lowest BCUT2D eigenvalue weighted by Crippen LogP contribution is -2.36. The molecule has 0 amide bonds. The van der Waals surface area contributed by atoms with Gasteiger partial charge < -0.3 is 10.1 Å². The molecule has 20 heavy (non-hydrogen) atoms. The maximum atomic E-state index is 5.68. The standard InChI is InChI=1S/C16H23N3O/c1-12(2)16(20-4)15(17-3)14-10-11-18-19(14)13-8-6-5-7-9-13/h5-12,15-17H,1-4H3. The smallest absolute Gasteiger partial charge is 0.0804 e. The molecule has 1 aromatic heterocycles. The molecule has 1 N–H and O–H groups in total. The van der Waals surface area contributed by atoms with Crippen molar-refractivity contribution in [2.24, 2.45) is 5.92 Å². The van der Waals surface area contributed by atoms with Crippen LogP contribution in [0.5, 0.6) is 0 Å². The van der Waals surface area contributed by atoms with Crippen molar-refractivity contribution in [1.29, 1.82) is 0 Å². The summed E-state index contributed by atoms with van der Waals surface area (Å²) in [7, 11) is 3.72. The van der Waals surface area contributed by atoms with Gasteiger partial charge in [-0.2, -0.15) is 5.10 Å². The average molecular weight is 273 g/mol. The Bertz CT molecular complexity index is 522. The molecule has 2 rings (SSSR count). The Morgan fingerprint density at radius 3 is 2.40 bits per heavy atom. The van der Waals surface area contributed by atoms with Crippen molar-refractivity contribution in [2.45, 2.75) is 26.0 Å². The molecule has 4 heteroatoms. The molecule has 0 bridgehead atoms. The molecule has 0 spiro atoms. The van der Waals surface area contributed by atoms with E-state index in [0.29, 0.717) is 5.92 Å². The number of hydrogen-bond donors (Lipinski definition) is 1. The maximum absolute atomic E-state index is 5.68. The Balaban J connectivity index is 2.39. The van der Waals surface area contributed by atoms with E-state index in [1.54, 1.807) is 7.11 Å². The number of nitrogens with zero attached hydrogens (tertiary/aromatic N) is 2. The lowest BCUT2D eigenvalue weighted by molar-refractivity contribution is 0.0330. The number of benzene rings is 1. The van der Waals surface area contributed by atoms with Gasteiger partial charge in [-0.15, -0.1) is 0 Å². The van der Waals surface area contributed by atoms with Gasteiger partial charge in [-0.3, -0.25) is 0 Å². The van der Waals surface area contributed by atoms with Gasteiger partial charge in [0.2, 0.25) is 0 Å². The number of methoxy groups -OCH3 is 1. The van der Waals surface area contributed by atoms with Crippen LogP contribution in [0.4, 0.5) is 0 Å². The van der Waals surface area contributed by atoms with Gasteiger partial charge in [0.05, 0.1) is 23.5 Å². The highest BCUT2D eigenvalue weighted by Crippen LogP contribution is 2.25. The molecular formula is C16H23N3O. The monoisotopic (exact) mass is 273 g/mol. The first-order chi connectivity index (χ1) is 9.69. The zero-order chi connectivity index (χ0) is 14.5. The lowest BCUT2D eigenvalue weighted by Gasteiger charge is -2.29. The van der Waals surface area contributed by atoms with Crippen LogP contribution in [0.15, 0.2) is 42.6 Å². The quantitative estimate of drug-likeness (QED) is 0.879. The highest BCUT2D eigenvalue weighted by Gasteiger charge is 2.27. The fourth-order valence-corrected chi connectivity index (χ4v) is 2.61. The van der Waals surface area contributed by atoms with Gasteiger partial charge in [0, 0.05) is 13.3 Å². The summed E-state index contributed by atoms with van der Waals surface area (Å²) < 4.78 is 7.64. The maximum Gasteiger partial charge on any atom is 0.0804 e. The predicted molar refractivity (Wildman–Crippen MR) is 81.0 cm³/mol.